The molecule has 158 valence electrons. The molecule has 0 aromatic heterocycles. The predicted molar refractivity (Wildman–Crippen MR) is 124 cm³/mol. The van der Waals surface area contributed by atoms with Crippen molar-refractivity contribution >= 4 is 44.8 Å². The van der Waals surface area contributed by atoms with E-state index in [1.807, 2.05) is 43.3 Å². The van der Waals surface area contributed by atoms with E-state index >= 15 is 0 Å². The summed E-state index contributed by atoms with van der Waals surface area (Å²) in [6.07, 6.45) is 0.234. The number of anilines is 3. The lowest BCUT2D eigenvalue weighted by atomic mass is 10.1. The predicted octanol–water partition coefficient (Wildman–Crippen LogP) is 3.50. The molecule has 0 bridgehead atoms. The van der Waals surface area contributed by atoms with Gasteiger partial charge in [0.1, 0.15) is 0 Å². The Kier molecular flexibility index (Phi) is 6.11. The molecule has 2 aromatic rings. The first-order valence-corrected chi connectivity index (χ1v) is 11.1. The van der Waals surface area contributed by atoms with Crippen molar-refractivity contribution in [1.82, 2.24) is 4.90 Å². The van der Waals surface area contributed by atoms with Crippen LogP contribution in [0.3, 0.4) is 0 Å². The summed E-state index contributed by atoms with van der Waals surface area (Å²) >= 11 is 3.49. The van der Waals surface area contributed by atoms with Crippen LogP contribution in [0.25, 0.3) is 0 Å². The summed E-state index contributed by atoms with van der Waals surface area (Å²) in [5.41, 5.74) is 3.77. The molecule has 2 amide bonds. The molecule has 1 unspecified atom stereocenters. The Balaban J connectivity index is 1.46. The Hall–Kier alpha value is -2.38. The second kappa shape index (κ2) is 8.78. The molecule has 2 saturated heterocycles. The number of benzene rings is 2. The van der Waals surface area contributed by atoms with Crippen LogP contribution in [0.2, 0.25) is 0 Å². The summed E-state index contributed by atoms with van der Waals surface area (Å²) < 4.78 is 1.01. The van der Waals surface area contributed by atoms with E-state index in [9.17, 15) is 9.59 Å². The van der Waals surface area contributed by atoms with Gasteiger partial charge in [-0.25, -0.2) is 0 Å². The first-order valence-electron chi connectivity index (χ1n) is 10.3. The lowest BCUT2D eigenvalue weighted by Crippen LogP contribution is -2.44. The van der Waals surface area contributed by atoms with Crippen LogP contribution in [0.15, 0.2) is 46.9 Å². The molecular formula is C23H27BrN4O2. The zero-order chi connectivity index (χ0) is 21.3. The van der Waals surface area contributed by atoms with Crippen LogP contribution < -0.4 is 15.1 Å². The molecule has 2 fully saturated rings. The van der Waals surface area contributed by atoms with Gasteiger partial charge in [0.05, 0.1) is 17.3 Å². The number of carbonyl (C=O) groups excluding carboxylic acids is 2. The maximum Gasteiger partial charge on any atom is 0.229 e. The van der Waals surface area contributed by atoms with Gasteiger partial charge in [-0.1, -0.05) is 28.1 Å². The van der Waals surface area contributed by atoms with Crippen molar-refractivity contribution in [2.45, 2.75) is 13.3 Å². The number of nitrogens with one attached hydrogen (secondary N) is 1. The van der Waals surface area contributed by atoms with Gasteiger partial charge in [-0.15, -0.1) is 0 Å². The van der Waals surface area contributed by atoms with E-state index < -0.39 is 0 Å². The number of hydrogen-bond donors (Lipinski definition) is 1. The fourth-order valence-corrected chi connectivity index (χ4v) is 4.31. The number of nitrogens with zero attached hydrogens (tertiary/aromatic N) is 3. The van der Waals surface area contributed by atoms with Gasteiger partial charge in [0.15, 0.2) is 0 Å². The van der Waals surface area contributed by atoms with Crippen LogP contribution in [0.4, 0.5) is 17.1 Å². The minimum Gasteiger partial charge on any atom is -0.367 e. The van der Waals surface area contributed by atoms with Crippen LogP contribution >= 0.6 is 15.9 Å². The molecule has 1 atom stereocenters. The van der Waals surface area contributed by atoms with E-state index in [2.05, 4.69) is 44.2 Å². The summed E-state index contributed by atoms with van der Waals surface area (Å²) in [4.78, 5) is 32.0. The standard InChI is InChI=1S/C23H27BrN4O2/c1-16-13-18(7-8-19(16)24)28-15-17(14-22(28)29)23(30)25-20-5-3-4-6-21(20)27-11-9-26(2)10-12-27/h3-8,13,17H,9-12,14-15H2,1-2H3,(H,25,30). The van der Waals surface area contributed by atoms with E-state index in [1.165, 1.54) is 0 Å². The van der Waals surface area contributed by atoms with Crippen molar-refractivity contribution in [2.24, 2.45) is 5.92 Å². The summed E-state index contributed by atoms with van der Waals surface area (Å²) in [6.45, 7) is 6.27. The topological polar surface area (TPSA) is 55.9 Å². The molecule has 30 heavy (non-hydrogen) atoms. The first-order chi connectivity index (χ1) is 14.4. The quantitative estimate of drug-likeness (QED) is 0.742. The number of para-hydroxylation sites is 2. The molecule has 2 heterocycles. The van der Waals surface area contributed by atoms with Gasteiger partial charge in [-0.2, -0.15) is 0 Å². The Morgan fingerprint density at radius 2 is 1.83 bits per heavy atom. The summed E-state index contributed by atoms with van der Waals surface area (Å²) in [7, 11) is 2.13. The van der Waals surface area contributed by atoms with Gasteiger partial charge in [0.2, 0.25) is 11.8 Å². The van der Waals surface area contributed by atoms with E-state index in [0.29, 0.717) is 6.54 Å². The van der Waals surface area contributed by atoms with Crippen molar-refractivity contribution in [3.8, 4) is 0 Å². The minimum absolute atomic E-state index is 0.00998. The average Bonchev–Trinajstić information content (AvgIpc) is 3.13. The summed E-state index contributed by atoms with van der Waals surface area (Å²) in [5.74, 6) is -0.465. The fraction of sp³-hybridized carbons (Fsp3) is 0.391. The van der Waals surface area contributed by atoms with Crippen LogP contribution in [0.1, 0.15) is 12.0 Å². The molecule has 2 aliphatic heterocycles. The van der Waals surface area contributed by atoms with Crippen LogP contribution in [0, 0.1) is 12.8 Å². The van der Waals surface area contributed by atoms with Crippen molar-refractivity contribution in [3.05, 3.63) is 52.5 Å². The molecule has 4 rings (SSSR count). The number of likely N-dealkylation sites (N-methyl/N-ethyl adjacent to an activating group) is 1. The first kappa shape index (κ1) is 20.9. The van der Waals surface area contributed by atoms with E-state index in [4.69, 9.17) is 0 Å². The Labute approximate surface area is 186 Å². The Morgan fingerprint density at radius 1 is 1.10 bits per heavy atom. The van der Waals surface area contributed by atoms with Gasteiger partial charge in [0, 0.05) is 49.3 Å². The molecule has 1 N–H and O–H groups in total. The Bertz CT molecular complexity index is 956. The number of hydrogen-bond acceptors (Lipinski definition) is 4. The smallest absolute Gasteiger partial charge is 0.229 e. The zero-order valence-corrected chi connectivity index (χ0v) is 19.0. The Morgan fingerprint density at radius 3 is 2.57 bits per heavy atom. The average molecular weight is 471 g/mol. The zero-order valence-electron chi connectivity index (χ0n) is 17.4. The third-order valence-corrected chi connectivity index (χ3v) is 6.84. The molecule has 0 saturated carbocycles. The fourth-order valence-electron chi connectivity index (χ4n) is 4.07. The van der Waals surface area contributed by atoms with E-state index in [-0.39, 0.29) is 24.2 Å². The number of aryl methyl sites for hydroxylation is 1. The summed E-state index contributed by atoms with van der Waals surface area (Å²) in [6, 6.07) is 13.8. The second-order valence-corrected chi connectivity index (χ2v) is 8.99. The van der Waals surface area contributed by atoms with Crippen molar-refractivity contribution in [3.63, 3.8) is 0 Å². The molecule has 6 nitrogen and oxygen atoms in total. The second-order valence-electron chi connectivity index (χ2n) is 8.14. The van der Waals surface area contributed by atoms with Gasteiger partial charge < -0.3 is 20.0 Å². The van der Waals surface area contributed by atoms with Gasteiger partial charge in [0.25, 0.3) is 0 Å². The van der Waals surface area contributed by atoms with Crippen molar-refractivity contribution in [2.75, 3.05) is 54.9 Å². The normalized spacial score (nSPS) is 20.0. The van der Waals surface area contributed by atoms with Gasteiger partial charge in [-0.05, 0) is 49.9 Å². The lowest BCUT2D eigenvalue weighted by molar-refractivity contribution is -0.122. The largest absolute Gasteiger partial charge is 0.367 e. The number of piperazine rings is 1. The summed E-state index contributed by atoms with van der Waals surface area (Å²) in [5, 5.41) is 3.09. The van der Waals surface area contributed by atoms with Gasteiger partial charge >= 0.3 is 0 Å². The number of amides is 2. The lowest BCUT2D eigenvalue weighted by Gasteiger charge is -2.35. The van der Waals surface area contributed by atoms with Crippen LogP contribution in [-0.2, 0) is 9.59 Å². The molecule has 0 aliphatic carbocycles. The SMILES string of the molecule is Cc1cc(N2CC(C(=O)Nc3ccccc3N3CCN(C)CC3)CC2=O)ccc1Br. The monoisotopic (exact) mass is 470 g/mol. The van der Waals surface area contributed by atoms with E-state index in [0.717, 1.165) is 53.3 Å². The third-order valence-electron chi connectivity index (χ3n) is 5.95. The minimum atomic E-state index is -0.359. The molecule has 2 aromatic carbocycles. The molecule has 0 radical (unpaired) electrons. The maximum atomic E-state index is 13.0. The highest BCUT2D eigenvalue weighted by Gasteiger charge is 2.35. The molecule has 2 aliphatic rings. The highest BCUT2D eigenvalue weighted by atomic mass is 79.9. The van der Waals surface area contributed by atoms with Crippen molar-refractivity contribution < 1.29 is 9.59 Å². The maximum absolute atomic E-state index is 13.0. The van der Waals surface area contributed by atoms with Crippen molar-refractivity contribution in [1.29, 1.82) is 0 Å². The van der Waals surface area contributed by atoms with Crippen LogP contribution in [-0.4, -0.2) is 56.5 Å². The molecular weight excluding hydrogens is 444 g/mol. The number of carbonyl (C=O) groups is 2. The molecule has 0 spiro atoms. The number of rotatable bonds is 4. The molecule has 7 heteroatoms. The van der Waals surface area contributed by atoms with Crippen LogP contribution in [0.5, 0.6) is 0 Å². The highest BCUT2D eigenvalue weighted by Crippen LogP contribution is 2.31. The highest BCUT2D eigenvalue weighted by molar-refractivity contribution is 9.10. The third kappa shape index (κ3) is 4.37. The van der Waals surface area contributed by atoms with Gasteiger partial charge in [-0.3, -0.25) is 9.59 Å². The van der Waals surface area contributed by atoms with E-state index in [1.54, 1.807) is 4.90 Å². The number of halogens is 1.